The second-order valence-corrected chi connectivity index (χ2v) is 3.49. The summed E-state index contributed by atoms with van der Waals surface area (Å²) in [5, 5.41) is 1.17. The van der Waals surface area contributed by atoms with E-state index in [1.165, 1.54) is 5.39 Å². The number of rotatable bonds is 3. The molecule has 0 aliphatic carbocycles. The molecule has 80 valence electrons. The first-order valence-corrected chi connectivity index (χ1v) is 5.36. The van der Waals surface area contributed by atoms with Crippen molar-refractivity contribution >= 4 is 23.2 Å². The Morgan fingerprint density at radius 2 is 2.19 bits per heavy atom. The van der Waals surface area contributed by atoms with Gasteiger partial charge in [-0.15, -0.1) is 0 Å². The number of benzene rings is 1. The van der Waals surface area contributed by atoms with Gasteiger partial charge in [0.05, 0.1) is 12.1 Å². The number of hydrogen-bond acceptors (Lipinski definition) is 2. The van der Waals surface area contributed by atoms with Gasteiger partial charge in [0.25, 0.3) is 0 Å². The molecule has 1 aromatic heterocycles. The Kier molecular flexibility index (Phi) is 3.44. The lowest BCUT2D eigenvalue weighted by molar-refractivity contribution is 1.26. The summed E-state index contributed by atoms with van der Waals surface area (Å²) >= 11 is 0. The molecular weight excluding hydrogens is 196 g/mol. The van der Waals surface area contributed by atoms with E-state index in [-0.39, 0.29) is 0 Å². The van der Waals surface area contributed by atoms with Crippen molar-refractivity contribution in [3.63, 3.8) is 0 Å². The van der Waals surface area contributed by atoms with E-state index in [0.29, 0.717) is 0 Å². The van der Waals surface area contributed by atoms with Crippen LogP contribution in [0, 0.1) is 0 Å². The highest BCUT2D eigenvalue weighted by molar-refractivity contribution is 5.80. The van der Waals surface area contributed by atoms with Crippen molar-refractivity contribution in [2.24, 2.45) is 4.99 Å². The van der Waals surface area contributed by atoms with Crippen molar-refractivity contribution < 1.29 is 0 Å². The van der Waals surface area contributed by atoms with Gasteiger partial charge in [0.15, 0.2) is 0 Å². The zero-order valence-electron chi connectivity index (χ0n) is 9.30. The number of aliphatic imine (C=N–C) groups is 1. The van der Waals surface area contributed by atoms with Gasteiger partial charge in [-0.25, -0.2) is 0 Å². The maximum atomic E-state index is 4.39. The fourth-order valence-electron chi connectivity index (χ4n) is 1.53. The van der Waals surface area contributed by atoms with E-state index in [9.17, 15) is 0 Å². The molecule has 0 saturated heterocycles. The summed E-state index contributed by atoms with van der Waals surface area (Å²) in [6, 6.07) is 10.3. The molecule has 0 saturated carbocycles. The van der Waals surface area contributed by atoms with Gasteiger partial charge in [-0.2, -0.15) is 0 Å². The molecule has 0 atom stereocenters. The minimum Gasteiger partial charge on any atom is -0.294 e. The van der Waals surface area contributed by atoms with Crippen molar-refractivity contribution in [1.29, 1.82) is 0 Å². The minimum atomic E-state index is 0.726. The Hall–Kier alpha value is -1.96. The standard InChI is InChI=1S/C14H14N2/c1-2-15-9-5-6-12-10-13-7-3-4-8-14(13)16-11-12/h2-8,10-11H,9H2,1H3/b6-5-,15-2?. The van der Waals surface area contributed by atoms with Crippen LogP contribution in [0.4, 0.5) is 0 Å². The molecule has 2 heteroatoms. The van der Waals surface area contributed by atoms with E-state index in [0.717, 1.165) is 17.6 Å². The van der Waals surface area contributed by atoms with Crippen LogP contribution in [0.3, 0.4) is 0 Å². The molecule has 2 aromatic rings. The Morgan fingerprint density at radius 1 is 1.31 bits per heavy atom. The van der Waals surface area contributed by atoms with E-state index in [4.69, 9.17) is 0 Å². The SMILES string of the molecule is CC=NC/C=C\c1cnc2ccccc2c1. The fraction of sp³-hybridized carbons (Fsp3) is 0.143. The van der Waals surface area contributed by atoms with Crippen LogP contribution < -0.4 is 0 Å². The van der Waals surface area contributed by atoms with Crippen molar-refractivity contribution in [3.05, 3.63) is 48.2 Å². The van der Waals surface area contributed by atoms with E-state index >= 15 is 0 Å². The molecule has 16 heavy (non-hydrogen) atoms. The number of pyridine rings is 1. The highest BCUT2D eigenvalue weighted by Crippen LogP contribution is 2.13. The first-order valence-electron chi connectivity index (χ1n) is 5.36. The zero-order chi connectivity index (χ0) is 11.2. The molecule has 0 aliphatic rings. The molecule has 0 N–H and O–H groups in total. The first-order chi connectivity index (χ1) is 7.90. The molecule has 0 radical (unpaired) electrons. The summed E-state index contributed by atoms with van der Waals surface area (Å²) in [5.74, 6) is 0. The van der Waals surface area contributed by atoms with Crippen LogP contribution in [0.1, 0.15) is 12.5 Å². The van der Waals surface area contributed by atoms with Gasteiger partial charge >= 0.3 is 0 Å². The third kappa shape index (κ3) is 2.54. The zero-order valence-corrected chi connectivity index (χ0v) is 9.30. The van der Waals surface area contributed by atoms with E-state index < -0.39 is 0 Å². The molecule has 1 aromatic carbocycles. The number of hydrogen-bond donors (Lipinski definition) is 0. The maximum Gasteiger partial charge on any atom is 0.0702 e. The summed E-state index contributed by atoms with van der Waals surface area (Å²) in [6.45, 7) is 2.65. The molecule has 0 fully saturated rings. The highest BCUT2D eigenvalue weighted by Gasteiger charge is 1.93. The van der Waals surface area contributed by atoms with Gasteiger partial charge in [0, 0.05) is 11.6 Å². The third-order valence-electron chi connectivity index (χ3n) is 2.32. The minimum absolute atomic E-state index is 0.726. The molecule has 0 unspecified atom stereocenters. The Bertz CT molecular complexity index is 527. The van der Waals surface area contributed by atoms with Crippen LogP contribution in [0.2, 0.25) is 0 Å². The van der Waals surface area contributed by atoms with E-state index in [2.05, 4.69) is 22.1 Å². The monoisotopic (exact) mass is 210 g/mol. The van der Waals surface area contributed by atoms with Crippen molar-refractivity contribution in [1.82, 2.24) is 4.98 Å². The summed E-state index contributed by atoms with van der Waals surface area (Å²) in [6.07, 6.45) is 7.77. The van der Waals surface area contributed by atoms with Gasteiger partial charge in [0.2, 0.25) is 0 Å². The number of fused-ring (bicyclic) bond motifs is 1. The largest absolute Gasteiger partial charge is 0.294 e. The van der Waals surface area contributed by atoms with Gasteiger partial charge in [-0.05, 0) is 30.8 Å². The topological polar surface area (TPSA) is 25.2 Å². The van der Waals surface area contributed by atoms with Crippen LogP contribution in [0.25, 0.3) is 17.0 Å². The Balaban J connectivity index is 2.22. The van der Waals surface area contributed by atoms with Gasteiger partial charge in [-0.3, -0.25) is 9.98 Å². The van der Waals surface area contributed by atoms with Crippen LogP contribution in [0.15, 0.2) is 47.6 Å². The van der Waals surface area contributed by atoms with E-state index in [1.54, 1.807) is 0 Å². The lowest BCUT2D eigenvalue weighted by Crippen LogP contribution is -1.80. The Morgan fingerprint density at radius 3 is 3.06 bits per heavy atom. The van der Waals surface area contributed by atoms with Crippen LogP contribution in [-0.2, 0) is 0 Å². The normalized spacial score (nSPS) is 11.8. The van der Waals surface area contributed by atoms with Crippen LogP contribution >= 0.6 is 0 Å². The number of para-hydroxylation sites is 1. The van der Waals surface area contributed by atoms with Crippen molar-refractivity contribution in [3.8, 4) is 0 Å². The summed E-state index contributed by atoms with van der Waals surface area (Å²) in [7, 11) is 0. The van der Waals surface area contributed by atoms with Gasteiger partial charge in [0.1, 0.15) is 0 Å². The predicted octanol–water partition coefficient (Wildman–Crippen LogP) is 3.34. The lowest BCUT2D eigenvalue weighted by atomic mass is 10.1. The molecule has 0 amide bonds. The molecule has 2 nitrogen and oxygen atoms in total. The average Bonchev–Trinajstić information content (AvgIpc) is 2.34. The van der Waals surface area contributed by atoms with E-state index in [1.807, 2.05) is 49.7 Å². The van der Waals surface area contributed by atoms with Crippen molar-refractivity contribution in [2.45, 2.75) is 6.92 Å². The molecule has 0 spiro atoms. The highest BCUT2D eigenvalue weighted by atomic mass is 14.7. The summed E-state index contributed by atoms with van der Waals surface area (Å²) in [4.78, 5) is 8.51. The number of aromatic nitrogens is 1. The predicted molar refractivity (Wildman–Crippen MR) is 69.8 cm³/mol. The smallest absolute Gasteiger partial charge is 0.0702 e. The molecule has 0 aliphatic heterocycles. The molecule has 0 bridgehead atoms. The van der Waals surface area contributed by atoms with Crippen molar-refractivity contribution in [2.75, 3.05) is 6.54 Å². The first kappa shape index (κ1) is 10.6. The third-order valence-corrected chi connectivity index (χ3v) is 2.32. The quantitative estimate of drug-likeness (QED) is 0.713. The van der Waals surface area contributed by atoms with Crippen LogP contribution in [0.5, 0.6) is 0 Å². The average molecular weight is 210 g/mol. The Labute approximate surface area is 95.4 Å². The number of nitrogens with zero attached hydrogens (tertiary/aromatic N) is 2. The fourth-order valence-corrected chi connectivity index (χ4v) is 1.53. The molecular formula is C14H14N2. The maximum absolute atomic E-state index is 4.39. The van der Waals surface area contributed by atoms with Gasteiger partial charge < -0.3 is 0 Å². The summed E-state index contributed by atoms with van der Waals surface area (Å²) in [5.41, 5.74) is 2.15. The second kappa shape index (κ2) is 5.21. The van der Waals surface area contributed by atoms with Crippen LogP contribution in [-0.4, -0.2) is 17.7 Å². The lowest BCUT2D eigenvalue weighted by Gasteiger charge is -1.97. The van der Waals surface area contributed by atoms with Gasteiger partial charge in [-0.1, -0.05) is 30.4 Å². The molecule has 2 rings (SSSR count). The summed E-state index contributed by atoms with van der Waals surface area (Å²) < 4.78 is 0. The molecule has 1 heterocycles. The second-order valence-electron chi connectivity index (χ2n) is 3.49.